The molecule has 0 radical (unpaired) electrons. The van der Waals surface area contributed by atoms with Gasteiger partial charge in [0, 0.05) is 0 Å². The molecule has 0 amide bonds. The Morgan fingerprint density at radius 3 is 1.54 bits per heavy atom. The molecule has 13 heavy (non-hydrogen) atoms. The Bertz CT molecular complexity index is 88.7. The van der Waals surface area contributed by atoms with Crippen LogP contribution in [0.4, 0.5) is 0 Å². The molecule has 0 bridgehead atoms. The monoisotopic (exact) mass is 258 g/mol. The average Bonchev–Trinajstić information content (AvgIpc) is 1.88. The molecule has 0 unspecified atom stereocenters. The first-order valence-electron chi connectivity index (χ1n) is 3.64. The molecule has 0 rings (SSSR count). The summed E-state index contributed by atoms with van der Waals surface area (Å²) < 4.78 is 8.74. The quantitative estimate of drug-likeness (QED) is 0.435. The molecule has 7 heteroatoms. The van der Waals surface area contributed by atoms with E-state index >= 15 is 0 Å². The zero-order chi connectivity index (χ0) is 9.11. The molecule has 4 N–H and O–H groups in total. The van der Waals surface area contributed by atoms with Crippen molar-refractivity contribution in [2.24, 2.45) is 0 Å². The molecular weight excluding hydrogens is 238 g/mol. The van der Waals surface area contributed by atoms with Gasteiger partial charge < -0.3 is 15.3 Å². The third kappa shape index (κ3) is 55.5. The fourth-order valence-corrected chi connectivity index (χ4v) is 1.17. The standard InChI is InChI=1S/C6H14S.K.H3O3P.H2O.H/c1-3-5-7-6-4-2;;1-4(2)3;;/h3-6H2,1-2H3;;4H,(H2,1,2,3);1H2;. The molecule has 0 aromatic carbocycles. The van der Waals surface area contributed by atoms with Crippen molar-refractivity contribution in [2.75, 3.05) is 11.5 Å². The van der Waals surface area contributed by atoms with Gasteiger partial charge in [-0.25, -0.2) is 0 Å². The van der Waals surface area contributed by atoms with E-state index in [1.54, 1.807) is 0 Å². The van der Waals surface area contributed by atoms with Crippen LogP contribution in [0.25, 0.3) is 0 Å². The number of hydrogen-bond donors (Lipinski definition) is 2. The van der Waals surface area contributed by atoms with E-state index in [9.17, 15) is 0 Å². The van der Waals surface area contributed by atoms with E-state index in [0.29, 0.717) is 0 Å². The predicted molar refractivity (Wildman–Crippen MR) is 62.1 cm³/mol. The SMILES string of the molecule is CCCSCCC.O.O=[PH](O)O.[KH]. The van der Waals surface area contributed by atoms with E-state index in [2.05, 4.69) is 25.6 Å². The summed E-state index contributed by atoms with van der Waals surface area (Å²) in [6.45, 7) is 4.45. The van der Waals surface area contributed by atoms with Gasteiger partial charge in [0.25, 0.3) is 0 Å². The summed E-state index contributed by atoms with van der Waals surface area (Å²) in [5.74, 6) is 2.68. The Labute approximate surface area is 128 Å². The first kappa shape index (κ1) is 24.4. The second-order valence-electron chi connectivity index (χ2n) is 1.89. The molecule has 0 saturated heterocycles. The van der Waals surface area contributed by atoms with Crippen molar-refractivity contribution < 1.29 is 19.8 Å². The fraction of sp³-hybridized carbons (Fsp3) is 1.00. The number of thioether (sulfide) groups is 1. The Kier molecular flexibility index (Phi) is 44.4. The summed E-state index contributed by atoms with van der Waals surface area (Å²) >= 11 is 2.05. The second kappa shape index (κ2) is 23.7. The first-order valence-corrected chi connectivity index (χ1v) is 6.10. The Morgan fingerprint density at radius 1 is 1.15 bits per heavy atom. The van der Waals surface area contributed by atoms with Crippen LogP contribution in [0.5, 0.6) is 0 Å². The molecule has 80 valence electrons. The van der Waals surface area contributed by atoms with Gasteiger partial charge in [-0.2, -0.15) is 11.8 Å². The van der Waals surface area contributed by atoms with Crippen molar-refractivity contribution in [1.29, 1.82) is 0 Å². The van der Waals surface area contributed by atoms with E-state index in [1.807, 2.05) is 0 Å². The Hall–Kier alpha value is 2.10. The minimum absolute atomic E-state index is 0. The van der Waals surface area contributed by atoms with Crippen molar-refractivity contribution in [1.82, 2.24) is 0 Å². The van der Waals surface area contributed by atoms with Crippen molar-refractivity contribution in [2.45, 2.75) is 26.7 Å². The first-order chi connectivity index (χ1) is 5.15. The van der Waals surface area contributed by atoms with Crippen LogP contribution in [0.1, 0.15) is 26.7 Å². The van der Waals surface area contributed by atoms with Gasteiger partial charge in [0.1, 0.15) is 0 Å². The van der Waals surface area contributed by atoms with E-state index < -0.39 is 8.25 Å². The third-order valence-electron chi connectivity index (χ3n) is 0.697. The maximum atomic E-state index is 8.74. The van der Waals surface area contributed by atoms with Gasteiger partial charge in [0.05, 0.1) is 0 Å². The van der Waals surface area contributed by atoms with Crippen LogP contribution in [0, 0.1) is 0 Å². The molecule has 0 atom stereocenters. The molecule has 0 saturated carbocycles. The molecule has 0 fully saturated rings. The average molecular weight is 258 g/mol. The Balaban J connectivity index is -0.0000000600. The molecule has 0 aliphatic carbocycles. The van der Waals surface area contributed by atoms with Crippen LogP contribution in [-0.4, -0.2) is 78.2 Å². The van der Waals surface area contributed by atoms with E-state index in [0.717, 1.165) is 0 Å². The summed E-state index contributed by atoms with van der Waals surface area (Å²) in [4.78, 5) is 14.3. The van der Waals surface area contributed by atoms with Gasteiger partial charge in [-0.05, 0) is 24.3 Å². The van der Waals surface area contributed by atoms with Crippen molar-refractivity contribution in [3.05, 3.63) is 0 Å². The van der Waals surface area contributed by atoms with Crippen molar-refractivity contribution in [3.63, 3.8) is 0 Å². The number of rotatable bonds is 4. The van der Waals surface area contributed by atoms with E-state index in [4.69, 9.17) is 14.4 Å². The topological polar surface area (TPSA) is 89.0 Å². The van der Waals surface area contributed by atoms with Gasteiger partial charge in [-0.3, -0.25) is 4.57 Å². The summed E-state index contributed by atoms with van der Waals surface area (Å²) in [5.41, 5.74) is 0. The fourth-order valence-electron chi connectivity index (χ4n) is 0.391. The Morgan fingerprint density at radius 2 is 1.38 bits per heavy atom. The van der Waals surface area contributed by atoms with Crippen LogP contribution in [0.2, 0.25) is 0 Å². The van der Waals surface area contributed by atoms with Gasteiger partial charge in [0.15, 0.2) is 0 Å². The molecule has 0 spiro atoms. The number of hydrogen-bond acceptors (Lipinski definition) is 2. The summed E-state index contributed by atoms with van der Waals surface area (Å²) in [7, 11) is -3.13. The summed E-state index contributed by atoms with van der Waals surface area (Å²) in [6, 6.07) is 0. The summed E-state index contributed by atoms with van der Waals surface area (Å²) in [5, 5.41) is 0. The van der Waals surface area contributed by atoms with Crippen LogP contribution in [0.3, 0.4) is 0 Å². The van der Waals surface area contributed by atoms with E-state index in [1.165, 1.54) is 24.3 Å². The second-order valence-corrected chi connectivity index (χ2v) is 3.68. The molecule has 0 aromatic rings. The van der Waals surface area contributed by atoms with E-state index in [-0.39, 0.29) is 56.9 Å². The molecule has 0 aliphatic heterocycles. The van der Waals surface area contributed by atoms with Crippen LogP contribution in [-0.2, 0) is 4.57 Å². The minimum atomic E-state index is -3.13. The maximum absolute atomic E-state index is 8.74. The molecule has 4 nitrogen and oxygen atoms in total. The summed E-state index contributed by atoms with van der Waals surface area (Å²) in [6.07, 6.45) is 2.65. The van der Waals surface area contributed by atoms with Crippen molar-refractivity contribution >= 4 is 71.4 Å². The normalized spacial score (nSPS) is 7.77. The van der Waals surface area contributed by atoms with Gasteiger partial charge in [-0.15, -0.1) is 0 Å². The zero-order valence-electron chi connectivity index (χ0n) is 7.54. The van der Waals surface area contributed by atoms with Crippen molar-refractivity contribution in [3.8, 4) is 0 Å². The zero-order valence-corrected chi connectivity index (χ0v) is 9.36. The molecule has 0 aliphatic rings. The van der Waals surface area contributed by atoms with Crippen LogP contribution >= 0.6 is 20.0 Å². The van der Waals surface area contributed by atoms with Crippen LogP contribution < -0.4 is 0 Å². The van der Waals surface area contributed by atoms with Crippen LogP contribution in [0.15, 0.2) is 0 Å². The van der Waals surface area contributed by atoms with Gasteiger partial charge in [-0.1, -0.05) is 13.8 Å². The molecular formula is C6H20KO4PS. The van der Waals surface area contributed by atoms with Gasteiger partial charge in [0.2, 0.25) is 0 Å². The molecule has 0 aromatic heterocycles. The van der Waals surface area contributed by atoms with Gasteiger partial charge >= 0.3 is 59.6 Å². The predicted octanol–water partition coefficient (Wildman–Crippen LogP) is 0.427. The molecule has 0 heterocycles. The third-order valence-corrected chi connectivity index (χ3v) is 2.09.